The molecule has 5 N–H and O–H groups in total. The quantitative estimate of drug-likeness (QED) is 0.436. The third kappa shape index (κ3) is 1.41. The minimum absolute atomic E-state index is 0.0960. The van der Waals surface area contributed by atoms with E-state index in [1.165, 1.54) is 0 Å². The van der Waals surface area contributed by atoms with Gasteiger partial charge in [-0.05, 0) is 6.42 Å². The Morgan fingerprint density at radius 3 is 2.75 bits per heavy atom. The third-order valence-electron chi connectivity index (χ3n) is 2.00. The highest BCUT2D eigenvalue weighted by Gasteiger charge is 2.13. The Morgan fingerprint density at radius 1 is 1.75 bits per heavy atom. The van der Waals surface area contributed by atoms with Gasteiger partial charge in [-0.15, -0.1) is 0 Å². The van der Waals surface area contributed by atoms with Crippen molar-refractivity contribution in [2.24, 2.45) is 12.9 Å². The van der Waals surface area contributed by atoms with E-state index in [4.69, 9.17) is 11.6 Å². The molecular formula is C7H15N5. The number of nitrogens with one attached hydrogen (secondary N) is 1. The van der Waals surface area contributed by atoms with Gasteiger partial charge in [0, 0.05) is 12.6 Å². The number of nitrogen functional groups attached to an aromatic ring is 1. The standard InChI is InChI=1S/C7H15N5/c1-3-6(11-9)5-4-10-12(2)7(5)8/h4,6,11H,3,8-9H2,1-2H3. The summed E-state index contributed by atoms with van der Waals surface area (Å²) in [6.45, 7) is 2.04. The minimum atomic E-state index is 0.0960. The van der Waals surface area contributed by atoms with Crippen LogP contribution in [0.4, 0.5) is 5.82 Å². The van der Waals surface area contributed by atoms with Gasteiger partial charge < -0.3 is 5.73 Å². The van der Waals surface area contributed by atoms with Crippen LogP contribution in [-0.2, 0) is 7.05 Å². The van der Waals surface area contributed by atoms with Crippen LogP contribution in [-0.4, -0.2) is 9.78 Å². The summed E-state index contributed by atoms with van der Waals surface area (Å²) in [5.41, 5.74) is 9.41. The van der Waals surface area contributed by atoms with E-state index in [0.717, 1.165) is 12.0 Å². The summed E-state index contributed by atoms with van der Waals surface area (Å²) in [6.07, 6.45) is 2.63. The molecule has 0 saturated carbocycles. The molecular weight excluding hydrogens is 154 g/mol. The first-order valence-electron chi connectivity index (χ1n) is 3.94. The maximum Gasteiger partial charge on any atom is 0.126 e. The van der Waals surface area contributed by atoms with E-state index in [2.05, 4.69) is 10.5 Å². The summed E-state index contributed by atoms with van der Waals surface area (Å²) in [5, 5.41) is 4.03. The summed E-state index contributed by atoms with van der Waals surface area (Å²) in [7, 11) is 1.81. The number of aromatic nitrogens is 2. The van der Waals surface area contributed by atoms with Crippen molar-refractivity contribution >= 4 is 5.82 Å². The first-order chi connectivity index (χ1) is 5.70. The predicted octanol–water partition coefficient (Wildman–Crippen LogP) is -0.0833. The second kappa shape index (κ2) is 3.55. The summed E-state index contributed by atoms with van der Waals surface area (Å²) in [5.74, 6) is 6.02. The molecule has 0 aromatic carbocycles. The lowest BCUT2D eigenvalue weighted by Gasteiger charge is -2.11. The van der Waals surface area contributed by atoms with Crippen molar-refractivity contribution in [3.8, 4) is 0 Å². The average Bonchev–Trinajstić information content (AvgIpc) is 2.38. The lowest BCUT2D eigenvalue weighted by Crippen LogP contribution is -2.27. The van der Waals surface area contributed by atoms with E-state index in [9.17, 15) is 0 Å². The monoisotopic (exact) mass is 169 g/mol. The van der Waals surface area contributed by atoms with E-state index in [0.29, 0.717) is 5.82 Å². The highest BCUT2D eigenvalue weighted by molar-refractivity contribution is 5.40. The maximum atomic E-state index is 5.76. The van der Waals surface area contributed by atoms with E-state index in [1.807, 2.05) is 14.0 Å². The number of hydrazine groups is 1. The smallest absolute Gasteiger partial charge is 0.126 e. The predicted molar refractivity (Wildman–Crippen MR) is 48.0 cm³/mol. The van der Waals surface area contributed by atoms with E-state index < -0.39 is 0 Å². The molecule has 0 aliphatic rings. The molecule has 0 amide bonds. The van der Waals surface area contributed by atoms with Crippen LogP contribution in [0.3, 0.4) is 0 Å². The molecule has 5 nitrogen and oxygen atoms in total. The summed E-state index contributed by atoms with van der Waals surface area (Å²) in [4.78, 5) is 0. The number of nitrogens with zero attached hydrogens (tertiary/aromatic N) is 2. The number of hydrogen-bond acceptors (Lipinski definition) is 4. The van der Waals surface area contributed by atoms with Crippen molar-refractivity contribution in [1.82, 2.24) is 15.2 Å². The van der Waals surface area contributed by atoms with Crippen LogP contribution in [0.25, 0.3) is 0 Å². The first kappa shape index (κ1) is 9.02. The minimum Gasteiger partial charge on any atom is -0.384 e. The van der Waals surface area contributed by atoms with Crippen LogP contribution >= 0.6 is 0 Å². The topological polar surface area (TPSA) is 81.9 Å². The SMILES string of the molecule is CCC(NN)c1cnn(C)c1N. The van der Waals surface area contributed by atoms with Crippen molar-refractivity contribution < 1.29 is 0 Å². The number of anilines is 1. The Hall–Kier alpha value is -1.07. The molecule has 0 spiro atoms. The van der Waals surface area contributed by atoms with Gasteiger partial charge in [-0.1, -0.05) is 6.92 Å². The van der Waals surface area contributed by atoms with Gasteiger partial charge in [-0.2, -0.15) is 5.10 Å². The van der Waals surface area contributed by atoms with Crippen LogP contribution in [0.1, 0.15) is 24.9 Å². The van der Waals surface area contributed by atoms with Crippen LogP contribution in [0.5, 0.6) is 0 Å². The average molecular weight is 169 g/mol. The Morgan fingerprint density at radius 2 is 2.42 bits per heavy atom. The number of nitrogens with two attached hydrogens (primary N) is 2. The Bertz CT molecular complexity index is 250. The molecule has 1 rings (SSSR count). The summed E-state index contributed by atoms with van der Waals surface area (Å²) >= 11 is 0. The largest absolute Gasteiger partial charge is 0.384 e. The molecule has 1 atom stereocenters. The Balaban J connectivity index is 2.93. The molecule has 68 valence electrons. The highest BCUT2D eigenvalue weighted by atomic mass is 15.3. The zero-order valence-electron chi connectivity index (χ0n) is 7.41. The molecule has 1 unspecified atom stereocenters. The number of aryl methyl sites for hydroxylation is 1. The molecule has 0 bridgehead atoms. The summed E-state index contributed by atoms with van der Waals surface area (Å²) in [6, 6.07) is 0.0960. The van der Waals surface area contributed by atoms with Crippen molar-refractivity contribution in [1.29, 1.82) is 0 Å². The van der Waals surface area contributed by atoms with E-state index in [-0.39, 0.29) is 6.04 Å². The zero-order valence-corrected chi connectivity index (χ0v) is 7.41. The molecule has 1 aromatic heterocycles. The van der Waals surface area contributed by atoms with E-state index in [1.54, 1.807) is 10.9 Å². The van der Waals surface area contributed by atoms with Crippen molar-refractivity contribution in [2.75, 3.05) is 5.73 Å². The van der Waals surface area contributed by atoms with Crippen LogP contribution in [0, 0.1) is 0 Å². The van der Waals surface area contributed by atoms with Crippen LogP contribution < -0.4 is 17.0 Å². The van der Waals surface area contributed by atoms with Gasteiger partial charge in [0.2, 0.25) is 0 Å². The molecule has 0 radical (unpaired) electrons. The maximum absolute atomic E-state index is 5.76. The second-order valence-electron chi connectivity index (χ2n) is 2.74. The molecule has 1 heterocycles. The molecule has 1 aromatic rings. The van der Waals surface area contributed by atoms with Crippen molar-refractivity contribution in [3.05, 3.63) is 11.8 Å². The van der Waals surface area contributed by atoms with Crippen molar-refractivity contribution in [2.45, 2.75) is 19.4 Å². The molecule has 5 heteroatoms. The second-order valence-corrected chi connectivity index (χ2v) is 2.74. The summed E-state index contributed by atoms with van der Waals surface area (Å²) < 4.78 is 1.63. The van der Waals surface area contributed by atoms with Gasteiger partial charge in [0.25, 0.3) is 0 Å². The number of rotatable bonds is 3. The van der Waals surface area contributed by atoms with Crippen LogP contribution in [0.2, 0.25) is 0 Å². The fourth-order valence-corrected chi connectivity index (χ4v) is 1.16. The van der Waals surface area contributed by atoms with Gasteiger partial charge in [0.15, 0.2) is 0 Å². The van der Waals surface area contributed by atoms with Gasteiger partial charge in [-0.3, -0.25) is 16.0 Å². The van der Waals surface area contributed by atoms with Crippen LogP contribution in [0.15, 0.2) is 6.20 Å². The molecule has 12 heavy (non-hydrogen) atoms. The fraction of sp³-hybridized carbons (Fsp3) is 0.571. The molecule has 0 aliphatic carbocycles. The van der Waals surface area contributed by atoms with Gasteiger partial charge in [0.05, 0.1) is 12.2 Å². The van der Waals surface area contributed by atoms with E-state index >= 15 is 0 Å². The highest BCUT2D eigenvalue weighted by Crippen LogP contribution is 2.20. The normalized spacial score (nSPS) is 13.2. The lowest BCUT2D eigenvalue weighted by atomic mass is 10.1. The van der Waals surface area contributed by atoms with Gasteiger partial charge in [-0.25, -0.2) is 0 Å². The lowest BCUT2D eigenvalue weighted by molar-refractivity contribution is 0.540. The first-order valence-corrected chi connectivity index (χ1v) is 3.94. The van der Waals surface area contributed by atoms with Gasteiger partial charge in [0.1, 0.15) is 5.82 Å². The van der Waals surface area contributed by atoms with Crippen molar-refractivity contribution in [3.63, 3.8) is 0 Å². The zero-order chi connectivity index (χ0) is 9.14. The molecule has 0 aliphatic heterocycles. The Labute approximate surface area is 71.7 Å². The Kier molecular flexibility index (Phi) is 2.67. The molecule has 0 fully saturated rings. The number of hydrogen-bond donors (Lipinski definition) is 3. The molecule has 0 saturated heterocycles. The van der Waals surface area contributed by atoms with Gasteiger partial charge >= 0.3 is 0 Å². The third-order valence-corrected chi connectivity index (χ3v) is 2.00. The fourth-order valence-electron chi connectivity index (χ4n) is 1.16.